The van der Waals surface area contributed by atoms with Gasteiger partial charge in [-0.3, -0.25) is 0 Å². The number of rotatable bonds is 7. The molecule has 0 bridgehead atoms. The van der Waals surface area contributed by atoms with Crippen LogP contribution in [0.4, 0.5) is 0 Å². The van der Waals surface area contributed by atoms with Crippen LogP contribution in [-0.4, -0.2) is 6.61 Å². The summed E-state index contributed by atoms with van der Waals surface area (Å²) >= 11 is 0. The molecule has 0 amide bonds. The summed E-state index contributed by atoms with van der Waals surface area (Å²) in [4.78, 5) is 0. The largest absolute Gasteiger partial charge is 0.479 e. The molecular formula is C12H25NO. The van der Waals surface area contributed by atoms with Gasteiger partial charge in [0.1, 0.15) is 0 Å². The minimum Gasteiger partial charge on any atom is -0.479 e. The van der Waals surface area contributed by atoms with Gasteiger partial charge in [0.15, 0.2) is 5.88 Å². The third-order valence-electron chi connectivity index (χ3n) is 2.51. The zero-order chi connectivity index (χ0) is 11.0. The van der Waals surface area contributed by atoms with Crippen LogP contribution in [-0.2, 0) is 4.74 Å². The Morgan fingerprint density at radius 3 is 2.36 bits per heavy atom. The van der Waals surface area contributed by atoms with Crippen LogP contribution in [0.25, 0.3) is 0 Å². The summed E-state index contributed by atoms with van der Waals surface area (Å²) in [6.07, 6.45) is 4.98. The summed E-state index contributed by atoms with van der Waals surface area (Å²) in [5.74, 6) is 1.26. The van der Waals surface area contributed by atoms with Gasteiger partial charge in [-0.1, -0.05) is 33.1 Å². The Kier molecular flexibility index (Phi) is 7.35. The molecule has 0 aliphatic heterocycles. The Labute approximate surface area is 88.5 Å². The maximum absolute atomic E-state index is 5.71. The van der Waals surface area contributed by atoms with Crippen LogP contribution in [0.1, 0.15) is 53.4 Å². The molecule has 0 aromatic rings. The van der Waals surface area contributed by atoms with Crippen molar-refractivity contribution in [3.05, 3.63) is 11.5 Å². The molecule has 0 aliphatic rings. The van der Waals surface area contributed by atoms with Crippen LogP contribution in [0.15, 0.2) is 11.5 Å². The first-order chi connectivity index (χ1) is 6.61. The van der Waals surface area contributed by atoms with Gasteiger partial charge in [-0.2, -0.15) is 0 Å². The monoisotopic (exact) mass is 199 g/mol. The van der Waals surface area contributed by atoms with Gasteiger partial charge < -0.3 is 10.5 Å². The molecular weight excluding hydrogens is 174 g/mol. The highest BCUT2D eigenvalue weighted by molar-refractivity contribution is 4.97. The van der Waals surface area contributed by atoms with Gasteiger partial charge in [0.2, 0.25) is 0 Å². The lowest BCUT2D eigenvalue weighted by atomic mass is 10.0. The first-order valence-electron chi connectivity index (χ1n) is 5.67. The molecule has 0 aromatic heterocycles. The molecule has 2 heteroatoms. The fourth-order valence-corrected chi connectivity index (χ4v) is 1.25. The standard InChI is InChI=1S/C12H25NO/c1-5-7-8-11(6-2)9-14-12(13)10(3)4/h11H,5-9,13H2,1-4H3. The highest BCUT2D eigenvalue weighted by atomic mass is 16.5. The second kappa shape index (κ2) is 7.72. The number of allylic oxidation sites excluding steroid dienone is 1. The van der Waals surface area contributed by atoms with E-state index in [9.17, 15) is 0 Å². The van der Waals surface area contributed by atoms with Gasteiger partial charge >= 0.3 is 0 Å². The minimum atomic E-state index is 0.597. The van der Waals surface area contributed by atoms with E-state index in [0.29, 0.717) is 11.8 Å². The van der Waals surface area contributed by atoms with Crippen LogP contribution in [0.3, 0.4) is 0 Å². The molecule has 0 heterocycles. The molecule has 1 unspecified atom stereocenters. The Balaban J connectivity index is 3.78. The molecule has 2 nitrogen and oxygen atoms in total. The molecule has 0 fully saturated rings. The van der Waals surface area contributed by atoms with Gasteiger partial charge in [0, 0.05) is 0 Å². The lowest BCUT2D eigenvalue weighted by molar-refractivity contribution is 0.151. The average molecular weight is 199 g/mol. The van der Waals surface area contributed by atoms with Crippen LogP contribution in [0.2, 0.25) is 0 Å². The molecule has 0 radical (unpaired) electrons. The summed E-state index contributed by atoms with van der Waals surface area (Å²) in [7, 11) is 0. The van der Waals surface area contributed by atoms with Crippen molar-refractivity contribution >= 4 is 0 Å². The van der Waals surface area contributed by atoms with Crippen LogP contribution >= 0.6 is 0 Å². The van der Waals surface area contributed by atoms with Crippen molar-refractivity contribution in [2.45, 2.75) is 53.4 Å². The zero-order valence-corrected chi connectivity index (χ0v) is 10.1. The van der Waals surface area contributed by atoms with E-state index in [1.54, 1.807) is 0 Å². The van der Waals surface area contributed by atoms with E-state index in [4.69, 9.17) is 10.5 Å². The summed E-state index contributed by atoms with van der Waals surface area (Å²) in [5.41, 5.74) is 6.77. The molecule has 2 N–H and O–H groups in total. The normalized spacial score (nSPS) is 12.3. The van der Waals surface area contributed by atoms with E-state index in [1.165, 1.54) is 25.7 Å². The number of ether oxygens (including phenoxy) is 1. The Bertz CT molecular complexity index is 171. The van der Waals surface area contributed by atoms with Crippen molar-refractivity contribution in [1.29, 1.82) is 0 Å². The average Bonchev–Trinajstić information content (AvgIpc) is 2.17. The first kappa shape index (κ1) is 13.3. The third kappa shape index (κ3) is 5.90. The van der Waals surface area contributed by atoms with Gasteiger partial charge in [-0.05, 0) is 31.8 Å². The highest BCUT2D eigenvalue weighted by Crippen LogP contribution is 2.14. The second-order valence-corrected chi connectivity index (χ2v) is 4.09. The summed E-state index contributed by atoms with van der Waals surface area (Å²) < 4.78 is 5.51. The van der Waals surface area contributed by atoms with E-state index >= 15 is 0 Å². The maximum atomic E-state index is 5.71. The van der Waals surface area contributed by atoms with Crippen molar-refractivity contribution in [1.82, 2.24) is 0 Å². The number of hydrogen-bond acceptors (Lipinski definition) is 2. The predicted octanol–water partition coefficient (Wildman–Crippen LogP) is 3.43. The quantitative estimate of drug-likeness (QED) is 0.637. The van der Waals surface area contributed by atoms with E-state index in [2.05, 4.69) is 13.8 Å². The summed E-state index contributed by atoms with van der Waals surface area (Å²) in [6, 6.07) is 0. The van der Waals surface area contributed by atoms with Crippen molar-refractivity contribution in [3.63, 3.8) is 0 Å². The van der Waals surface area contributed by atoms with Crippen molar-refractivity contribution in [3.8, 4) is 0 Å². The van der Waals surface area contributed by atoms with Crippen LogP contribution in [0, 0.1) is 5.92 Å². The second-order valence-electron chi connectivity index (χ2n) is 4.09. The molecule has 1 atom stereocenters. The molecule has 0 aromatic carbocycles. The van der Waals surface area contributed by atoms with Gasteiger partial charge in [-0.25, -0.2) is 0 Å². The third-order valence-corrected chi connectivity index (χ3v) is 2.51. The molecule has 0 rings (SSSR count). The number of unbranched alkanes of at least 4 members (excludes halogenated alkanes) is 1. The SMILES string of the molecule is CCCCC(CC)COC(N)=C(C)C. The molecule has 0 saturated heterocycles. The molecule has 0 aliphatic carbocycles. The van der Waals surface area contributed by atoms with E-state index in [1.807, 2.05) is 13.8 Å². The van der Waals surface area contributed by atoms with Gasteiger partial charge in [-0.15, -0.1) is 0 Å². The number of nitrogens with two attached hydrogens (primary N) is 1. The lowest BCUT2D eigenvalue weighted by Gasteiger charge is -2.16. The fraction of sp³-hybridized carbons (Fsp3) is 0.833. The molecule has 14 heavy (non-hydrogen) atoms. The fourth-order valence-electron chi connectivity index (χ4n) is 1.25. The van der Waals surface area contributed by atoms with Crippen LogP contribution in [0.5, 0.6) is 0 Å². The Morgan fingerprint density at radius 2 is 1.93 bits per heavy atom. The zero-order valence-electron chi connectivity index (χ0n) is 10.1. The number of hydrogen-bond donors (Lipinski definition) is 1. The summed E-state index contributed by atoms with van der Waals surface area (Å²) in [6.45, 7) is 9.15. The van der Waals surface area contributed by atoms with E-state index in [0.717, 1.165) is 12.2 Å². The van der Waals surface area contributed by atoms with Crippen LogP contribution < -0.4 is 5.73 Å². The van der Waals surface area contributed by atoms with Crippen molar-refractivity contribution in [2.75, 3.05) is 6.61 Å². The predicted molar refractivity (Wildman–Crippen MR) is 61.8 cm³/mol. The van der Waals surface area contributed by atoms with Crippen molar-refractivity contribution in [2.24, 2.45) is 11.7 Å². The first-order valence-corrected chi connectivity index (χ1v) is 5.67. The molecule has 0 spiro atoms. The van der Waals surface area contributed by atoms with E-state index in [-0.39, 0.29) is 0 Å². The van der Waals surface area contributed by atoms with Gasteiger partial charge in [0.25, 0.3) is 0 Å². The van der Waals surface area contributed by atoms with Crippen molar-refractivity contribution < 1.29 is 4.74 Å². The Hall–Kier alpha value is -0.660. The smallest absolute Gasteiger partial charge is 0.182 e. The maximum Gasteiger partial charge on any atom is 0.182 e. The topological polar surface area (TPSA) is 35.2 Å². The minimum absolute atomic E-state index is 0.597. The lowest BCUT2D eigenvalue weighted by Crippen LogP contribution is -2.13. The highest BCUT2D eigenvalue weighted by Gasteiger charge is 2.06. The van der Waals surface area contributed by atoms with E-state index < -0.39 is 0 Å². The summed E-state index contributed by atoms with van der Waals surface area (Å²) in [5, 5.41) is 0. The Morgan fingerprint density at radius 1 is 1.29 bits per heavy atom. The van der Waals surface area contributed by atoms with Gasteiger partial charge in [0.05, 0.1) is 6.61 Å². The molecule has 84 valence electrons. The molecule has 0 saturated carbocycles.